The molecule has 2 aromatic carbocycles. The largest absolute Gasteiger partial charge is 0.478 e. The summed E-state index contributed by atoms with van der Waals surface area (Å²) in [5.74, 6) is -2.30. The first-order valence-corrected chi connectivity index (χ1v) is 11.8. The topological polar surface area (TPSA) is 102 Å². The van der Waals surface area contributed by atoms with E-state index in [1.54, 1.807) is 49.3 Å². The van der Waals surface area contributed by atoms with E-state index in [1.165, 1.54) is 0 Å². The molecule has 1 aliphatic heterocycles. The number of carbonyl (C=O) groups is 2. The van der Waals surface area contributed by atoms with Gasteiger partial charge in [-0.25, -0.2) is 4.79 Å². The van der Waals surface area contributed by atoms with Crippen molar-refractivity contribution in [2.75, 3.05) is 20.1 Å². The van der Waals surface area contributed by atoms with Crippen molar-refractivity contribution in [1.82, 2.24) is 15.5 Å². The van der Waals surface area contributed by atoms with Gasteiger partial charge in [0.1, 0.15) is 0 Å². The molecule has 0 aliphatic carbocycles. The van der Waals surface area contributed by atoms with Crippen LogP contribution in [0.2, 0.25) is 5.02 Å². The van der Waals surface area contributed by atoms with Gasteiger partial charge >= 0.3 is 5.97 Å². The lowest BCUT2D eigenvalue weighted by Gasteiger charge is -2.33. The number of halogens is 1. The molecule has 0 saturated carbocycles. The average Bonchev–Trinajstić information content (AvgIpc) is 2.83. The van der Waals surface area contributed by atoms with Gasteiger partial charge in [0.2, 0.25) is 5.91 Å². The van der Waals surface area contributed by atoms with Crippen molar-refractivity contribution in [3.05, 3.63) is 93.8 Å². The number of rotatable bonds is 9. The highest BCUT2D eigenvalue weighted by Gasteiger charge is 2.37. The second-order valence-corrected chi connectivity index (χ2v) is 9.74. The number of aliphatic carboxylic acids is 1. The van der Waals surface area contributed by atoms with Crippen LogP contribution in [-0.2, 0) is 9.59 Å². The lowest BCUT2D eigenvalue weighted by molar-refractivity contribution is -0.133. The summed E-state index contributed by atoms with van der Waals surface area (Å²) in [6.07, 6.45) is 0.974. The number of hydrogen-bond donors (Lipinski definition) is 4. The summed E-state index contributed by atoms with van der Waals surface area (Å²) in [6.45, 7) is 6.12. The lowest BCUT2D eigenvalue weighted by atomic mass is 9.81. The number of amides is 1. The zero-order chi connectivity index (χ0) is 25.8. The Labute approximate surface area is 211 Å². The van der Waals surface area contributed by atoms with Crippen LogP contribution in [0.5, 0.6) is 0 Å². The van der Waals surface area contributed by atoms with E-state index in [9.17, 15) is 19.8 Å². The average molecular weight is 498 g/mol. The van der Waals surface area contributed by atoms with Crippen LogP contribution in [0.4, 0.5) is 0 Å². The molecule has 0 fully saturated rings. The van der Waals surface area contributed by atoms with E-state index in [0.717, 1.165) is 5.56 Å². The van der Waals surface area contributed by atoms with Crippen molar-refractivity contribution in [3.8, 4) is 0 Å². The Morgan fingerprint density at radius 1 is 1.11 bits per heavy atom. The van der Waals surface area contributed by atoms with Crippen molar-refractivity contribution in [2.45, 2.75) is 38.3 Å². The standard InChI is InChI=1S/C27H32ClN3O4/c1-17-23(26(34)35)24(19-12-8-9-13-21(19)28)20(15-31(17)4)25(33)29-16-27(2,3)30-14-22(32)18-10-6-5-7-11-18/h5-13,15,22,24,30,32H,14,16H2,1-4H3,(H,29,33)(H,34,35). The predicted molar refractivity (Wildman–Crippen MR) is 137 cm³/mol. The third-order valence-electron chi connectivity index (χ3n) is 6.21. The Kier molecular flexibility index (Phi) is 8.38. The number of benzene rings is 2. The summed E-state index contributed by atoms with van der Waals surface area (Å²) in [5.41, 5.74) is 1.77. The number of aliphatic hydroxyl groups excluding tert-OH is 1. The van der Waals surface area contributed by atoms with Crippen molar-refractivity contribution in [2.24, 2.45) is 0 Å². The number of hydrogen-bond acceptors (Lipinski definition) is 5. The van der Waals surface area contributed by atoms with Crippen LogP contribution >= 0.6 is 11.6 Å². The minimum atomic E-state index is -1.10. The van der Waals surface area contributed by atoms with Gasteiger partial charge in [-0.3, -0.25) is 4.79 Å². The Balaban J connectivity index is 1.77. The third kappa shape index (κ3) is 6.31. The minimum absolute atomic E-state index is 0.108. The summed E-state index contributed by atoms with van der Waals surface area (Å²) in [7, 11) is 1.71. The number of β-amino-alcohol motifs (C(OH)–C–C–N with tert-alkyl or cyclic N) is 1. The van der Waals surface area contributed by atoms with Gasteiger partial charge in [-0.2, -0.15) is 0 Å². The Morgan fingerprint density at radius 2 is 1.74 bits per heavy atom. The molecule has 2 aromatic rings. The molecular weight excluding hydrogens is 466 g/mol. The summed E-state index contributed by atoms with van der Waals surface area (Å²) in [4.78, 5) is 27.3. The number of nitrogens with one attached hydrogen (secondary N) is 2. The second-order valence-electron chi connectivity index (χ2n) is 9.33. The van der Waals surface area contributed by atoms with Gasteiger partial charge in [0.05, 0.1) is 17.6 Å². The highest BCUT2D eigenvalue weighted by molar-refractivity contribution is 6.31. The second kappa shape index (κ2) is 11.1. The monoisotopic (exact) mass is 497 g/mol. The molecule has 0 aromatic heterocycles. The van der Waals surface area contributed by atoms with Gasteiger partial charge in [0.15, 0.2) is 0 Å². The number of aliphatic hydroxyl groups is 1. The summed E-state index contributed by atoms with van der Waals surface area (Å²) in [5, 5.41) is 27.1. The fourth-order valence-electron chi connectivity index (χ4n) is 4.07. The molecular formula is C27H32ClN3O4. The van der Waals surface area contributed by atoms with Gasteiger partial charge in [-0.1, -0.05) is 60.1 Å². The van der Waals surface area contributed by atoms with Gasteiger partial charge in [-0.15, -0.1) is 0 Å². The Morgan fingerprint density at radius 3 is 2.37 bits per heavy atom. The van der Waals surface area contributed by atoms with Crippen LogP contribution in [0.15, 0.2) is 77.6 Å². The highest BCUT2D eigenvalue weighted by Crippen LogP contribution is 2.41. The summed E-state index contributed by atoms with van der Waals surface area (Å²) >= 11 is 6.43. The number of allylic oxidation sites excluding steroid dienone is 1. The summed E-state index contributed by atoms with van der Waals surface area (Å²) in [6, 6.07) is 16.3. The van der Waals surface area contributed by atoms with Crippen molar-refractivity contribution in [3.63, 3.8) is 0 Å². The molecule has 3 rings (SSSR count). The quantitative estimate of drug-likeness (QED) is 0.420. The van der Waals surface area contributed by atoms with E-state index < -0.39 is 23.5 Å². The predicted octanol–water partition coefficient (Wildman–Crippen LogP) is 3.83. The zero-order valence-electron chi connectivity index (χ0n) is 20.4. The van der Waals surface area contributed by atoms with E-state index >= 15 is 0 Å². The van der Waals surface area contributed by atoms with E-state index in [2.05, 4.69) is 10.6 Å². The number of carbonyl (C=O) groups excluding carboxylic acids is 1. The third-order valence-corrected chi connectivity index (χ3v) is 6.55. The van der Waals surface area contributed by atoms with E-state index in [1.807, 2.05) is 44.2 Å². The van der Waals surface area contributed by atoms with E-state index in [4.69, 9.17) is 11.6 Å². The van der Waals surface area contributed by atoms with Crippen molar-refractivity contribution >= 4 is 23.5 Å². The molecule has 7 nitrogen and oxygen atoms in total. The molecule has 8 heteroatoms. The van der Waals surface area contributed by atoms with Gasteiger partial charge in [-0.05, 0) is 38.0 Å². The maximum atomic E-state index is 13.4. The zero-order valence-corrected chi connectivity index (χ0v) is 21.1. The lowest BCUT2D eigenvalue weighted by Crippen LogP contribution is -2.50. The fraction of sp³-hybridized carbons (Fsp3) is 0.333. The number of carboxylic acids is 1. The fourth-order valence-corrected chi connectivity index (χ4v) is 4.31. The van der Waals surface area contributed by atoms with Crippen molar-refractivity contribution in [1.29, 1.82) is 0 Å². The molecule has 0 spiro atoms. The molecule has 1 aliphatic rings. The van der Waals surface area contributed by atoms with Crippen LogP contribution < -0.4 is 10.6 Å². The molecule has 2 unspecified atom stereocenters. The number of nitrogens with zero attached hydrogens (tertiary/aromatic N) is 1. The SMILES string of the molecule is CC1=C(C(=O)O)C(c2ccccc2Cl)C(C(=O)NCC(C)(C)NCC(O)c2ccccc2)=CN1C. The molecule has 4 N–H and O–H groups in total. The molecule has 2 atom stereocenters. The smallest absolute Gasteiger partial charge is 0.334 e. The maximum Gasteiger partial charge on any atom is 0.334 e. The first kappa shape index (κ1) is 26.5. The molecule has 1 heterocycles. The van der Waals surface area contributed by atoms with Gasteiger partial charge in [0.25, 0.3) is 0 Å². The molecule has 0 bridgehead atoms. The Hall–Kier alpha value is -3.13. The van der Waals surface area contributed by atoms with Crippen LogP contribution in [0.3, 0.4) is 0 Å². The molecule has 186 valence electrons. The molecule has 35 heavy (non-hydrogen) atoms. The number of carboxylic acid groups (broad SMARTS) is 1. The van der Waals surface area contributed by atoms with E-state index in [0.29, 0.717) is 28.4 Å². The normalized spacial score (nSPS) is 17.1. The molecule has 1 amide bonds. The highest BCUT2D eigenvalue weighted by atomic mass is 35.5. The van der Waals surface area contributed by atoms with E-state index in [-0.39, 0.29) is 18.0 Å². The first-order valence-electron chi connectivity index (χ1n) is 11.4. The van der Waals surface area contributed by atoms with Crippen LogP contribution in [0.25, 0.3) is 0 Å². The van der Waals surface area contributed by atoms with Crippen LogP contribution in [0, 0.1) is 0 Å². The first-order chi connectivity index (χ1) is 16.5. The van der Waals surface area contributed by atoms with Crippen LogP contribution in [-0.4, -0.2) is 52.7 Å². The van der Waals surface area contributed by atoms with Crippen molar-refractivity contribution < 1.29 is 19.8 Å². The molecule has 0 saturated heterocycles. The summed E-state index contributed by atoms with van der Waals surface area (Å²) < 4.78 is 0. The van der Waals surface area contributed by atoms with Gasteiger partial charge in [0, 0.05) is 48.2 Å². The Bertz CT molecular complexity index is 1140. The minimum Gasteiger partial charge on any atom is -0.478 e. The molecule has 0 radical (unpaired) electrons. The van der Waals surface area contributed by atoms with Crippen LogP contribution in [0.1, 0.15) is 43.9 Å². The maximum absolute atomic E-state index is 13.4. The van der Waals surface area contributed by atoms with Gasteiger partial charge < -0.3 is 25.7 Å².